The number of aliphatic hydroxyl groups excluding tert-OH is 4. The molecular weight excluding hydrogens is 1270 g/mol. The topological polar surface area (TPSA) is 392 Å². The lowest BCUT2D eigenvalue weighted by Gasteiger charge is -2.58. The van der Waals surface area contributed by atoms with E-state index >= 15 is 14.4 Å². The second-order valence-electron chi connectivity index (χ2n) is 27.2. The number of phenols is 4. The van der Waals surface area contributed by atoms with Crippen molar-refractivity contribution < 1.29 is 112 Å². The maximum atomic E-state index is 17.9. The summed E-state index contributed by atoms with van der Waals surface area (Å²) in [5.41, 5.74) is 1.03. The van der Waals surface area contributed by atoms with Gasteiger partial charge in [0.25, 0.3) is 0 Å². The van der Waals surface area contributed by atoms with Crippen LogP contribution >= 0.6 is 0 Å². The Balaban J connectivity index is 1.23. The van der Waals surface area contributed by atoms with E-state index in [2.05, 4.69) is 4.79 Å². The number of Topliss-reactive ketones (excluding diaryl/α,β-unsaturated/α-hetero) is 3. The van der Waals surface area contributed by atoms with Crippen molar-refractivity contribution in [2.45, 2.75) is 202 Å². The summed E-state index contributed by atoms with van der Waals surface area (Å²) in [7, 11) is 11.2. The minimum Gasteiger partial charge on any atom is -0.507 e. The zero-order valence-corrected chi connectivity index (χ0v) is 56.1. The fraction of sp³-hybridized carbons (Fsp3) is 0.594. The van der Waals surface area contributed by atoms with Crippen LogP contribution in [0, 0.1) is 11.8 Å². The highest BCUT2D eigenvalue weighted by atomic mass is 16.7. The Morgan fingerprint density at radius 1 is 0.567 bits per heavy atom. The van der Waals surface area contributed by atoms with E-state index in [1.54, 1.807) is 79.5 Å². The molecule has 28 nitrogen and oxygen atoms in total. The second kappa shape index (κ2) is 26.1. The number of ketones is 3. The highest BCUT2D eigenvalue weighted by Crippen LogP contribution is 2.63. The molecule has 4 aromatic carbocycles. The molecule has 524 valence electrons. The van der Waals surface area contributed by atoms with E-state index < -0.39 is 264 Å². The van der Waals surface area contributed by atoms with E-state index in [0.717, 1.165) is 24.3 Å². The van der Waals surface area contributed by atoms with Crippen LogP contribution < -0.4 is 16.2 Å². The number of methoxy groups -OCH3 is 3. The molecule has 0 amide bonds. The molecule has 8 aliphatic rings. The molecule has 0 unspecified atom stereocenters. The van der Waals surface area contributed by atoms with Crippen LogP contribution in [0.4, 0.5) is 0 Å². The maximum Gasteiger partial charge on any atom is 0.333 e. The first kappa shape index (κ1) is 70.1. The van der Waals surface area contributed by atoms with Gasteiger partial charge in [0.15, 0.2) is 53.4 Å². The standard InChI is InChI=1S/C69H84N4O24/c1-14-68(96-41-23-37(87-11)58(80)27(5)92-41)53(63(85)44-30(66(68)94-39-21-35(78)56(72(7)8)25(3)90-39)20-29-43(44)60(82)46-32(75)17-16-31(74)45(46)59(29)81)54-64(86)50-49-51(62(84)48-34(77)19-18-33(76)47(48)61(49)83)55(71-70)52(50)67(95-40-22-36(79)57(73(9)10)26(4)91-40)69(54,15-2)97-42-24-38(88-12)65(89-13)28(6)93-42/h16-20,25-28,35-42,53-54,56-58,65-67,74-75,78-81,83-84H,14-15,21-24H2,1-13H3/t25-,26-,27+,28+,35-,36-,37+,38+,39+,40+,41+,42+,53-,54-,56-,57-,58+,65+,66+,67+,68-,69-/m0/s1. The normalized spacial score (nSPS) is 36.9. The van der Waals surface area contributed by atoms with Crippen LogP contribution in [-0.4, -0.2) is 238 Å². The zero-order valence-electron chi connectivity index (χ0n) is 56.1. The van der Waals surface area contributed by atoms with Crippen molar-refractivity contribution in [3.63, 3.8) is 0 Å². The van der Waals surface area contributed by atoms with Gasteiger partial charge in [-0.25, -0.2) is 0 Å². The fourth-order valence-electron chi connectivity index (χ4n) is 17.4. The quantitative estimate of drug-likeness (QED) is 0.0453. The number of phenolic OH excluding ortho intramolecular Hbond substituents is 4. The molecule has 4 aliphatic heterocycles. The van der Waals surface area contributed by atoms with Crippen LogP contribution in [0.25, 0.3) is 32.8 Å². The number of aromatic hydroxyl groups is 4. The largest absolute Gasteiger partial charge is 0.507 e. The molecule has 4 aromatic rings. The summed E-state index contributed by atoms with van der Waals surface area (Å²) < 4.78 is 74.3. The zero-order chi connectivity index (χ0) is 70.2. The first-order valence-electron chi connectivity index (χ1n) is 32.7. The summed E-state index contributed by atoms with van der Waals surface area (Å²) in [6, 6.07) is 2.57. The van der Waals surface area contributed by atoms with E-state index in [4.69, 9.17) is 52.1 Å². The molecule has 0 radical (unpaired) electrons. The highest BCUT2D eigenvalue weighted by molar-refractivity contribution is 6.28. The molecule has 12 rings (SSSR count). The molecule has 1 saturated carbocycles. The lowest BCUT2D eigenvalue weighted by atomic mass is 9.54. The fourth-order valence-corrected chi connectivity index (χ4v) is 17.4. The van der Waals surface area contributed by atoms with Gasteiger partial charge in [-0.1, -0.05) is 13.8 Å². The number of benzene rings is 3. The second-order valence-corrected chi connectivity index (χ2v) is 27.2. The molecule has 8 N–H and O–H groups in total. The number of allylic oxidation sites excluding steroid dienone is 3. The maximum absolute atomic E-state index is 17.9. The number of fused-ring (bicyclic) bond motifs is 7. The predicted octanol–water partition coefficient (Wildman–Crippen LogP) is 3.26. The van der Waals surface area contributed by atoms with Crippen molar-refractivity contribution in [3.05, 3.63) is 106 Å². The Labute approximate surface area is 556 Å². The summed E-state index contributed by atoms with van der Waals surface area (Å²) in [5.74, 6) is -11.9. The molecule has 4 aliphatic carbocycles. The monoisotopic (exact) mass is 1350 g/mol. The number of hydrogen-bond donors (Lipinski definition) is 8. The molecule has 4 heterocycles. The number of carbonyl (C=O) groups is 3. The van der Waals surface area contributed by atoms with Crippen molar-refractivity contribution in [3.8, 4) is 23.0 Å². The predicted molar refractivity (Wildman–Crippen MR) is 340 cm³/mol. The summed E-state index contributed by atoms with van der Waals surface area (Å²) in [5, 5.41) is 93.4. The molecular formula is C69H84N4O24. The number of ether oxygens (including phenoxy) is 11. The van der Waals surface area contributed by atoms with Crippen LogP contribution in [0.2, 0.25) is 0 Å². The lowest BCUT2D eigenvalue weighted by molar-refractivity contribution is -0.350. The van der Waals surface area contributed by atoms with Gasteiger partial charge in [0.2, 0.25) is 0 Å². The molecule has 22 atom stereocenters. The van der Waals surface area contributed by atoms with Crippen LogP contribution in [0.5, 0.6) is 23.0 Å². The van der Waals surface area contributed by atoms with Crippen LogP contribution in [-0.2, 0) is 56.9 Å². The number of nitrogens with zero attached hydrogens (tertiary/aromatic N) is 4. The van der Waals surface area contributed by atoms with Crippen molar-refractivity contribution in [1.82, 2.24) is 9.80 Å². The van der Waals surface area contributed by atoms with Crippen molar-refractivity contribution in [2.75, 3.05) is 49.5 Å². The van der Waals surface area contributed by atoms with Gasteiger partial charge in [0, 0.05) is 74.7 Å². The first-order chi connectivity index (χ1) is 46.0. The molecule has 4 saturated heterocycles. The van der Waals surface area contributed by atoms with Crippen molar-refractivity contribution in [2.24, 2.45) is 11.8 Å². The number of rotatable bonds is 16. The molecule has 0 aromatic heterocycles. The molecule has 28 heteroatoms. The lowest BCUT2D eigenvalue weighted by Crippen LogP contribution is -2.70. The first-order valence-corrected chi connectivity index (χ1v) is 32.7. The number of carbonyl (C=O) groups excluding carboxylic acids is 3. The summed E-state index contributed by atoms with van der Waals surface area (Å²) in [6.07, 6.45) is -20.1. The van der Waals surface area contributed by atoms with Gasteiger partial charge < -0.3 is 108 Å². The average Bonchev–Trinajstić information content (AvgIpc) is 1.59. The number of aliphatic hydroxyl groups is 4. The molecule has 0 spiro atoms. The summed E-state index contributed by atoms with van der Waals surface area (Å²) in [6.45, 7) is 9.83. The van der Waals surface area contributed by atoms with Crippen LogP contribution in [0.1, 0.15) is 118 Å². The number of hydrogen-bond acceptors (Lipinski definition) is 26. The minimum atomic E-state index is -2.55. The third-order valence-electron chi connectivity index (χ3n) is 21.6. The van der Waals surface area contributed by atoms with Gasteiger partial charge in [0.05, 0.1) is 100 Å². The van der Waals surface area contributed by atoms with E-state index in [-0.39, 0.29) is 36.8 Å². The highest BCUT2D eigenvalue weighted by Gasteiger charge is 2.72. The Morgan fingerprint density at radius 2 is 1.05 bits per heavy atom. The SMILES string of the molecule is CC[C@@]1(O[C@@H]2C[C@@H](OC)[C@H](O)[C@@H](C)O2)[C@H](O[C@@H]2C[C@H](O)[C@@H](N(C)C)[C@H](C)O2)C2=CC3=C(O)c4c(O)ccc(O)c4C(=O)C3=C2C(=O)[C@@H]1[C@H]1C(=O)c2c(c(=[N+]=[N-])c3c(O)c4c(=O)ccc(=O)c4c(O)c23)[C@@H](O[C@@H]2C[C@H](O)[C@@H](N(C)C)[C@H](C)O2)[C@@]1(CC)O[C@@H]1C[C@@H](OC)[C@H](OC)[C@@H](C)O1. The Kier molecular flexibility index (Phi) is 18.8. The summed E-state index contributed by atoms with van der Waals surface area (Å²) >= 11 is 0. The van der Waals surface area contributed by atoms with Gasteiger partial charge in [0.1, 0.15) is 69.8 Å². The summed E-state index contributed by atoms with van der Waals surface area (Å²) in [4.78, 5) is 86.7. The van der Waals surface area contributed by atoms with Gasteiger partial charge in [-0.3, -0.25) is 24.0 Å². The molecule has 97 heavy (non-hydrogen) atoms. The molecule has 5 fully saturated rings. The Hall–Kier alpha value is -6.77. The van der Waals surface area contributed by atoms with E-state index in [1.807, 2.05) is 0 Å². The smallest absolute Gasteiger partial charge is 0.333 e. The van der Waals surface area contributed by atoms with E-state index in [9.17, 15) is 56.0 Å². The third-order valence-corrected chi connectivity index (χ3v) is 21.6. The molecule has 0 bridgehead atoms. The van der Waals surface area contributed by atoms with E-state index in [0.29, 0.717) is 0 Å². The Bertz CT molecular complexity index is 4130. The van der Waals surface area contributed by atoms with Crippen LogP contribution in [0.3, 0.4) is 0 Å². The Morgan fingerprint density at radius 3 is 1.56 bits per heavy atom. The van der Waals surface area contributed by atoms with Crippen molar-refractivity contribution in [1.29, 1.82) is 0 Å². The van der Waals surface area contributed by atoms with Gasteiger partial charge in [-0.2, -0.15) is 4.79 Å². The average molecular weight is 1350 g/mol. The van der Waals surface area contributed by atoms with E-state index in [1.165, 1.54) is 27.4 Å². The third kappa shape index (κ3) is 10.8. The van der Waals surface area contributed by atoms with Gasteiger partial charge in [-0.05, 0) is 105 Å². The number of likely N-dealkylation sites (N-methyl/N-ethyl adjacent to an activating group) is 2. The minimum absolute atomic E-state index is 0.162. The van der Waals surface area contributed by atoms with Crippen molar-refractivity contribution >= 4 is 44.7 Å². The van der Waals surface area contributed by atoms with Gasteiger partial charge >= 0.3 is 5.36 Å². The van der Waals surface area contributed by atoms with Gasteiger partial charge in [-0.15, -0.1) is 0 Å². The van der Waals surface area contributed by atoms with Crippen LogP contribution in [0.15, 0.2) is 62.2 Å².